The lowest BCUT2D eigenvalue weighted by molar-refractivity contribution is 1.00. The van der Waals surface area contributed by atoms with Crippen LogP contribution in [0.2, 0.25) is 10.2 Å². The van der Waals surface area contributed by atoms with Crippen molar-refractivity contribution in [2.45, 2.75) is 16.8 Å². The van der Waals surface area contributed by atoms with Crippen LogP contribution >= 0.6 is 35.0 Å². The third-order valence-electron chi connectivity index (χ3n) is 2.00. The molecule has 0 spiro atoms. The summed E-state index contributed by atoms with van der Waals surface area (Å²) in [5.41, 5.74) is 0.893. The number of aromatic nitrogens is 2. The summed E-state index contributed by atoms with van der Waals surface area (Å²) in [6, 6.07) is 7.59. The molecular formula is C11H8Cl2N2S. The van der Waals surface area contributed by atoms with Crippen molar-refractivity contribution in [3.63, 3.8) is 0 Å². The zero-order chi connectivity index (χ0) is 11.5. The highest BCUT2D eigenvalue weighted by Crippen LogP contribution is 2.30. The summed E-state index contributed by atoms with van der Waals surface area (Å²) in [6.07, 6.45) is 1.47. The quantitative estimate of drug-likeness (QED) is 0.764. The highest BCUT2D eigenvalue weighted by Gasteiger charge is 2.06. The lowest BCUT2D eigenvalue weighted by Crippen LogP contribution is -1.89. The molecule has 5 heteroatoms. The van der Waals surface area contributed by atoms with Gasteiger partial charge >= 0.3 is 0 Å². The Kier molecular flexibility index (Phi) is 3.69. The van der Waals surface area contributed by atoms with Gasteiger partial charge in [-0.15, -0.1) is 0 Å². The molecule has 0 saturated carbocycles. The van der Waals surface area contributed by atoms with E-state index in [0.29, 0.717) is 5.15 Å². The molecule has 0 radical (unpaired) electrons. The molecular weight excluding hydrogens is 263 g/mol. The van der Waals surface area contributed by atoms with Gasteiger partial charge in [0.2, 0.25) is 0 Å². The molecule has 0 N–H and O–H groups in total. The van der Waals surface area contributed by atoms with E-state index in [1.807, 2.05) is 31.2 Å². The Morgan fingerprint density at radius 2 is 1.75 bits per heavy atom. The minimum atomic E-state index is 0.492. The number of nitrogens with zero attached hydrogens (tertiary/aromatic N) is 2. The minimum absolute atomic E-state index is 0.492. The van der Waals surface area contributed by atoms with E-state index in [-0.39, 0.29) is 0 Å². The van der Waals surface area contributed by atoms with Crippen molar-refractivity contribution in [2.24, 2.45) is 0 Å². The lowest BCUT2D eigenvalue weighted by atomic mass is 10.4. The van der Waals surface area contributed by atoms with Gasteiger partial charge in [0.25, 0.3) is 0 Å². The zero-order valence-electron chi connectivity index (χ0n) is 8.45. The molecule has 0 amide bonds. The molecule has 2 nitrogen and oxygen atoms in total. The molecule has 0 aliphatic carbocycles. The standard InChI is InChI=1S/C11H8Cl2N2S/c1-7-10(13)14-6-15-11(7)16-9-4-2-8(12)3-5-9/h2-6H,1H3. The van der Waals surface area contributed by atoms with Gasteiger partial charge in [-0.05, 0) is 31.2 Å². The van der Waals surface area contributed by atoms with E-state index in [1.165, 1.54) is 6.33 Å². The Labute approximate surface area is 108 Å². The normalized spacial score (nSPS) is 10.4. The van der Waals surface area contributed by atoms with Crippen LogP contribution in [-0.2, 0) is 0 Å². The van der Waals surface area contributed by atoms with Crippen LogP contribution in [0.3, 0.4) is 0 Å². The SMILES string of the molecule is Cc1c(Cl)ncnc1Sc1ccc(Cl)cc1. The van der Waals surface area contributed by atoms with Crippen LogP contribution in [0, 0.1) is 6.92 Å². The summed E-state index contributed by atoms with van der Waals surface area (Å²) in [6.45, 7) is 1.90. The van der Waals surface area contributed by atoms with Crippen molar-refractivity contribution < 1.29 is 0 Å². The van der Waals surface area contributed by atoms with E-state index in [2.05, 4.69) is 9.97 Å². The van der Waals surface area contributed by atoms with Crippen molar-refractivity contribution in [2.75, 3.05) is 0 Å². The monoisotopic (exact) mass is 270 g/mol. The van der Waals surface area contributed by atoms with Gasteiger partial charge in [-0.1, -0.05) is 35.0 Å². The van der Waals surface area contributed by atoms with Crippen LogP contribution in [-0.4, -0.2) is 9.97 Å². The van der Waals surface area contributed by atoms with Crippen molar-refractivity contribution in [1.82, 2.24) is 9.97 Å². The fraction of sp³-hybridized carbons (Fsp3) is 0.0909. The molecule has 2 rings (SSSR count). The Hall–Kier alpha value is -0.770. The molecule has 0 fully saturated rings. The summed E-state index contributed by atoms with van der Waals surface area (Å²) in [7, 11) is 0. The van der Waals surface area contributed by atoms with Crippen LogP contribution in [0.5, 0.6) is 0 Å². The molecule has 0 unspecified atom stereocenters. The van der Waals surface area contributed by atoms with Crippen LogP contribution in [0.1, 0.15) is 5.56 Å². The van der Waals surface area contributed by atoms with E-state index in [4.69, 9.17) is 23.2 Å². The second-order valence-corrected chi connectivity index (χ2v) is 5.01. The Bertz CT molecular complexity index is 500. The maximum atomic E-state index is 5.92. The number of benzene rings is 1. The first-order valence-electron chi connectivity index (χ1n) is 4.57. The maximum Gasteiger partial charge on any atom is 0.136 e. The van der Waals surface area contributed by atoms with E-state index in [0.717, 1.165) is 20.5 Å². The number of halogens is 2. The highest BCUT2D eigenvalue weighted by molar-refractivity contribution is 7.99. The van der Waals surface area contributed by atoms with Gasteiger partial charge in [-0.2, -0.15) is 0 Å². The molecule has 1 heterocycles. The summed E-state index contributed by atoms with van der Waals surface area (Å²) >= 11 is 13.3. The molecule has 0 aliphatic heterocycles. The van der Waals surface area contributed by atoms with Gasteiger partial charge in [0.05, 0.1) is 0 Å². The van der Waals surface area contributed by atoms with Crippen LogP contribution in [0.15, 0.2) is 40.5 Å². The lowest BCUT2D eigenvalue weighted by Gasteiger charge is -2.04. The van der Waals surface area contributed by atoms with E-state index in [9.17, 15) is 0 Å². The molecule has 2 aromatic rings. The molecule has 0 saturated heterocycles. The minimum Gasteiger partial charge on any atom is -0.229 e. The van der Waals surface area contributed by atoms with Gasteiger partial charge < -0.3 is 0 Å². The first-order chi connectivity index (χ1) is 7.66. The Morgan fingerprint density at radius 1 is 1.06 bits per heavy atom. The second kappa shape index (κ2) is 5.04. The molecule has 82 valence electrons. The highest BCUT2D eigenvalue weighted by atomic mass is 35.5. The van der Waals surface area contributed by atoms with Gasteiger partial charge in [0.15, 0.2) is 0 Å². The van der Waals surface area contributed by atoms with Crippen LogP contribution in [0.4, 0.5) is 0 Å². The van der Waals surface area contributed by atoms with Crippen LogP contribution < -0.4 is 0 Å². The summed E-state index contributed by atoms with van der Waals surface area (Å²) in [5.74, 6) is 0. The number of hydrogen-bond donors (Lipinski definition) is 0. The third-order valence-corrected chi connectivity index (χ3v) is 3.75. The fourth-order valence-electron chi connectivity index (χ4n) is 1.13. The first-order valence-corrected chi connectivity index (χ1v) is 6.14. The van der Waals surface area contributed by atoms with Crippen molar-refractivity contribution >= 4 is 35.0 Å². The van der Waals surface area contributed by atoms with Crippen molar-refractivity contribution in [1.29, 1.82) is 0 Å². The Morgan fingerprint density at radius 3 is 2.44 bits per heavy atom. The van der Waals surface area contributed by atoms with Gasteiger partial charge in [-0.25, -0.2) is 9.97 Å². The van der Waals surface area contributed by atoms with Gasteiger partial charge in [0, 0.05) is 15.5 Å². The average Bonchev–Trinajstić information content (AvgIpc) is 2.28. The molecule has 1 aromatic carbocycles. The average molecular weight is 271 g/mol. The number of hydrogen-bond acceptors (Lipinski definition) is 3. The summed E-state index contributed by atoms with van der Waals surface area (Å²) < 4.78 is 0. The van der Waals surface area contributed by atoms with E-state index >= 15 is 0 Å². The van der Waals surface area contributed by atoms with Crippen molar-refractivity contribution in [3.05, 3.63) is 46.3 Å². The summed E-state index contributed by atoms with van der Waals surface area (Å²) in [5, 5.41) is 2.08. The maximum absolute atomic E-state index is 5.92. The van der Waals surface area contributed by atoms with Gasteiger partial charge in [0.1, 0.15) is 16.5 Å². The molecule has 16 heavy (non-hydrogen) atoms. The molecule has 0 atom stereocenters. The number of rotatable bonds is 2. The Balaban J connectivity index is 2.27. The molecule has 0 aliphatic rings. The molecule has 0 bridgehead atoms. The smallest absolute Gasteiger partial charge is 0.136 e. The fourth-order valence-corrected chi connectivity index (χ4v) is 2.29. The topological polar surface area (TPSA) is 25.8 Å². The first kappa shape index (κ1) is 11.7. The third kappa shape index (κ3) is 2.67. The van der Waals surface area contributed by atoms with Gasteiger partial charge in [-0.3, -0.25) is 0 Å². The molecule has 1 aromatic heterocycles. The second-order valence-electron chi connectivity index (χ2n) is 3.15. The zero-order valence-corrected chi connectivity index (χ0v) is 10.8. The van der Waals surface area contributed by atoms with Crippen molar-refractivity contribution in [3.8, 4) is 0 Å². The predicted molar refractivity (Wildman–Crippen MR) is 67.4 cm³/mol. The van der Waals surface area contributed by atoms with Crippen LogP contribution in [0.25, 0.3) is 0 Å². The van der Waals surface area contributed by atoms with E-state index < -0.39 is 0 Å². The van der Waals surface area contributed by atoms with E-state index in [1.54, 1.807) is 11.8 Å². The largest absolute Gasteiger partial charge is 0.229 e. The predicted octanol–water partition coefficient (Wildman–Crippen LogP) is 4.24. The summed E-state index contributed by atoms with van der Waals surface area (Å²) in [4.78, 5) is 9.18.